The molecule has 1 saturated heterocycles. The van der Waals surface area contributed by atoms with Gasteiger partial charge in [0.25, 0.3) is 0 Å². The fourth-order valence-electron chi connectivity index (χ4n) is 4.71. The summed E-state index contributed by atoms with van der Waals surface area (Å²) in [5.74, 6) is 0.907. The molecule has 2 amide bonds. The van der Waals surface area contributed by atoms with Crippen molar-refractivity contribution in [3.8, 4) is 11.3 Å². The Hall–Kier alpha value is -3.16. The van der Waals surface area contributed by atoms with Crippen LogP contribution in [0, 0.1) is 0 Å². The molecule has 156 valence electrons. The highest BCUT2D eigenvalue weighted by molar-refractivity contribution is 5.81. The van der Waals surface area contributed by atoms with Crippen molar-refractivity contribution in [2.75, 3.05) is 38.6 Å². The summed E-state index contributed by atoms with van der Waals surface area (Å²) < 4.78 is 2.12. The molecule has 0 radical (unpaired) electrons. The third kappa shape index (κ3) is 2.98. The maximum atomic E-state index is 12.3. The molecule has 8 heteroatoms. The number of fused-ring (bicyclic) bond motifs is 3. The number of anilines is 1. The highest BCUT2D eigenvalue weighted by atomic mass is 16.2. The minimum Gasteiger partial charge on any atom is -0.363 e. The van der Waals surface area contributed by atoms with Crippen LogP contribution in [0.2, 0.25) is 0 Å². The third-order valence-corrected chi connectivity index (χ3v) is 6.37. The number of carbonyl (C=O) groups is 1. The Kier molecular flexibility index (Phi) is 4.38. The molecule has 0 bridgehead atoms. The molecule has 0 aromatic carbocycles. The zero-order valence-electron chi connectivity index (χ0n) is 17.7. The molecule has 3 aromatic heterocycles. The van der Waals surface area contributed by atoms with E-state index in [0.717, 1.165) is 60.6 Å². The number of amides is 2. The number of nitrogens with zero attached hydrogens (tertiary/aromatic N) is 6. The smallest absolute Gasteiger partial charge is 0.317 e. The maximum absolute atomic E-state index is 12.3. The summed E-state index contributed by atoms with van der Waals surface area (Å²) in [7, 11) is 3.97. The van der Waals surface area contributed by atoms with Crippen LogP contribution in [0.3, 0.4) is 0 Å². The monoisotopic (exact) mass is 405 g/mol. The zero-order chi connectivity index (χ0) is 20.9. The van der Waals surface area contributed by atoms with E-state index in [4.69, 9.17) is 10.1 Å². The molecule has 1 unspecified atom stereocenters. The number of likely N-dealkylation sites (tertiary alicyclic amines) is 1. The van der Waals surface area contributed by atoms with Gasteiger partial charge in [0.05, 0.1) is 16.7 Å². The Morgan fingerprint density at radius 2 is 2.03 bits per heavy atom. The van der Waals surface area contributed by atoms with Gasteiger partial charge in [0.1, 0.15) is 5.82 Å². The molecule has 2 aliphatic rings. The second-order valence-corrected chi connectivity index (χ2v) is 8.50. The van der Waals surface area contributed by atoms with Crippen LogP contribution in [0.1, 0.15) is 25.5 Å². The van der Waals surface area contributed by atoms with Crippen LogP contribution < -0.4 is 10.2 Å². The Balaban J connectivity index is 1.46. The Bertz CT molecular complexity index is 1120. The van der Waals surface area contributed by atoms with E-state index in [9.17, 15) is 4.79 Å². The van der Waals surface area contributed by atoms with Crippen LogP contribution in [0.25, 0.3) is 22.3 Å². The topological polar surface area (TPSA) is 79.2 Å². The number of urea groups is 1. The molecular weight excluding hydrogens is 378 g/mol. The fourth-order valence-corrected chi connectivity index (χ4v) is 4.71. The molecule has 5 rings (SSSR count). The summed E-state index contributed by atoms with van der Waals surface area (Å²) in [5.41, 5.74) is 4.88. The SMILES string of the molecule is CCNC(=O)N1CCC2(CCn3nc(-c4cnc5ccc(N(C)C)nc5c4)cc32)C1. The lowest BCUT2D eigenvalue weighted by atomic mass is 9.82. The number of aryl methyl sites for hydroxylation is 1. The summed E-state index contributed by atoms with van der Waals surface area (Å²) in [6.45, 7) is 5.05. The predicted molar refractivity (Wildman–Crippen MR) is 117 cm³/mol. The van der Waals surface area contributed by atoms with Crippen molar-refractivity contribution in [3.63, 3.8) is 0 Å². The van der Waals surface area contributed by atoms with Gasteiger partial charge in [0, 0.05) is 63.1 Å². The number of nitrogens with one attached hydrogen (secondary N) is 1. The minimum atomic E-state index is 0.0109. The molecule has 0 aliphatic carbocycles. The van der Waals surface area contributed by atoms with Gasteiger partial charge in [-0.05, 0) is 44.0 Å². The van der Waals surface area contributed by atoms with E-state index in [1.807, 2.05) is 49.1 Å². The molecule has 1 N–H and O–H groups in total. The number of pyridine rings is 2. The average Bonchev–Trinajstić information content (AvgIpc) is 3.44. The zero-order valence-corrected chi connectivity index (χ0v) is 17.7. The van der Waals surface area contributed by atoms with Crippen molar-refractivity contribution in [2.24, 2.45) is 0 Å². The van der Waals surface area contributed by atoms with Crippen molar-refractivity contribution in [2.45, 2.75) is 31.7 Å². The summed E-state index contributed by atoms with van der Waals surface area (Å²) in [4.78, 5) is 25.5. The van der Waals surface area contributed by atoms with Crippen molar-refractivity contribution in [1.29, 1.82) is 0 Å². The van der Waals surface area contributed by atoms with Gasteiger partial charge >= 0.3 is 6.03 Å². The van der Waals surface area contributed by atoms with Crippen molar-refractivity contribution in [3.05, 3.63) is 36.2 Å². The third-order valence-electron chi connectivity index (χ3n) is 6.37. The van der Waals surface area contributed by atoms with Gasteiger partial charge in [-0.1, -0.05) is 0 Å². The van der Waals surface area contributed by atoms with Crippen LogP contribution in [-0.4, -0.2) is 64.4 Å². The molecule has 1 atom stereocenters. The lowest BCUT2D eigenvalue weighted by Crippen LogP contribution is -2.40. The van der Waals surface area contributed by atoms with Crippen molar-refractivity contribution < 1.29 is 4.79 Å². The first-order valence-electron chi connectivity index (χ1n) is 10.5. The van der Waals surface area contributed by atoms with Gasteiger partial charge in [0.15, 0.2) is 0 Å². The number of rotatable bonds is 3. The largest absolute Gasteiger partial charge is 0.363 e. The van der Waals surface area contributed by atoms with Gasteiger partial charge in [0.2, 0.25) is 0 Å². The standard InChI is InChI=1S/C22H27N7O/c1-4-23-21(30)28-9-7-22(14-28)8-10-29-19(22)12-17(26-29)15-11-18-16(24-13-15)5-6-20(25-18)27(2)3/h5-6,11-13H,4,7-10,14H2,1-3H3,(H,23,30). The lowest BCUT2D eigenvalue weighted by Gasteiger charge is -2.23. The highest BCUT2D eigenvalue weighted by Crippen LogP contribution is 2.43. The van der Waals surface area contributed by atoms with E-state index in [0.29, 0.717) is 6.54 Å². The average molecular weight is 406 g/mol. The van der Waals surface area contributed by atoms with Gasteiger partial charge in [-0.3, -0.25) is 9.67 Å². The number of hydrogen-bond donors (Lipinski definition) is 1. The first kappa shape index (κ1) is 18.8. The van der Waals surface area contributed by atoms with Crippen LogP contribution in [0.5, 0.6) is 0 Å². The first-order chi connectivity index (χ1) is 14.5. The van der Waals surface area contributed by atoms with E-state index >= 15 is 0 Å². The first-order valence-corrected chi connectivity index (χ1v) is 10.5. The van der Waals surface area contributed by atoms with Crippen molar-refractivity contribution in [1.82, 2.24) is 30.0 Å². The Morgan fingerprint density at radius 3 is 2.83 bits per heavy atom. The fraction of sp³-hybridized carbons (Fsp3) is 0.455. The van der Waals surface area contributed by atoms with E-state index in [1.165, 1.54) is 5.69 Å². The van der Waals surface area contributed by atoms with E-state index < -0.39 is 0 Å². The quantitative estimate of drug-likeness (QED) is 0.725. The summed E-state index contributed by atoms with van der Waals surface area (Å²) in [6.07, 6.45) is 3.90. The molecule has 3 aromatic rings. The highest BCUT2D eigenvalue weighted by Gasteiger charge is 2.46. The second-order valence-electron chi connectivity index (χ2n) is 8.50. The Morgan fingerprint density at radius 1 is 1.20 bits per heavy atom. The van der Waals surface area contributed by atoms with Gasteiger partial charge in [-0.2, -0.15) is 5.10 Å². The molecule has 1 spiro atoms. The number of aromatic nitrogens is 4. The molecule has 5 heterocycles. The normalized spacial score (nSPS) is 20.2. The predicted octanol–water partition coefficient (Wildman–Crippen LogP) is 2.64. The summed E-state index contributed by atoms with van der Waals surface area (Å²) >= 11 is 0. The van der Waals surface area contributed by atoms with Gasteiger partial charge < -0.3 is 15.1 Å². The van der Waals surface area contributed by atoms with Gasteiger partial charge in [-0.25, -0.2) is 9.78 Å². The van der Waals surface area contributed by atoms with Crippen molar-refractivity contribution >= 4 is 22.9 Å². The summed E-state index contributed by atoms with van der Waals surface area (Å²) in [5, 5.41) is 7.79. The van der Waals surface area contributed by atoms with E-state index in [-0.39, 0.29) is 11.4 Å². The molecular formula is C22H27N7O. The van der Waals surface area contributed by atoms with Crippen LogP contribution in [0.4, 0.5) is 10.6 Å². The molecule has 30 heavy (non-hydrogen) atoms. The molecule has 2 aliphatic heterocycles. The second kappa shape index (κ2) is 6.97. The maximum Gasteiger partial charge on any atom is 0.317 e. The van der Waals surface area contributed by atoms with Crippen LogP contribution >= 0.6 is 0 Å². The van der Waals surface area contributed by atoms with Crippen LogP contribution in [-0.2, 0) is 12.0 Å². The van der Waals surface area contributed by atoms with Crippen LogP contribution in [0.15, 0.2) is 30.5 Å². The number of carbonyl (C=O) groups excluding carboxylic acids is 1. The Labute approximate surface area is 175 Å². The summed E-state index contributed by atoms with van der Waals surface area (Å²) in [6, 6.07) is 8.26. The molecule has 0 saturated carbocycles. The van der Waals surface area contributed by atoms with E-state index in [1.54, 1.807) is 0 Å². The van der Waals surface area contributed by atoms with Gasteiger partial charge in [-0.15, -0.1) is 0 Å². The number of hydrogen-bond acceptors (Lipinski definition) is 5. The lowest BCUT2D eigenvalue weighted by molar-refractivity contribution is 0.206. The molecule has 8 nitrogen and oxygen atoms in total. The van der Waals surface area contributed by atoms with E-state index in [2.05, 4.69) is 27.1 Å². The molecule has 1 fully saturated rings. The minimum absolute atomic E-state index is 0.0109.